The summed E-state index contributed by atoms with van der Waals surface area (Å²) in [5.41, 5.74) is 1.25. The minimum Gasteiger partial charge on any atom is -0.300 e. The summed E-state index contributed by atoms with van der Waals surface area (Å²) in [6, 6.07) is 8.52. The van der Waals surface area contributed by atoms with Gasteiger partial charge in [-0.25, -0.2) is 0 Å². The van der Waals surface area contributed by atoms with Crippen LogP contribution in [-0.2, 0) is 11.2 Å². The molecular weight excluding hydrogens is 204 g/mol. The van der Waals surface area contributed by atoms with E-state index in [2.05, 4.69) is 38.1 Å². The molecular formula is C13H18OS. The van der Waals surface area contributed by atoms with Crippen molar-refractivity contribution in [1.82, 2.24) is 0 Å². The van der Waals surface area contributed by atoms with Crippen LogP contribution in [0.2, 0.25) is 0 Å². The summed E-state index contributed by atoms with van der Waals surface area (Å²) >= 11 is 1.86. The summed E-state index contributed by atoms with van der Waals surface area (Å²) in [5.74, 6) is 0.260. The van der Waals surface area contributed by atoms with E-state index in [0.29, 0.717) is 11.7 Å². The second kappa shape index (κ2) is 5.96. The van der Waals surface area contributed by atoms with Crippen molar-refractivity contribution in [1.29, 1.82) is 0 Å². The van der Waals surface area contributed by atoms with Gasteiger partial charge in [-0.1, -0.05) is 26.0 Å². The Morgan fingerprint density at radius 1 is 1.27 bits per heavy atom. The van der Waals surface area contributed by atoms with Crippen LogP contribution < -0.4 is 0 Å². The highest BCUT2D eigenvalue weighted by Gasteiger charge is 1.99. The average Bonchev–Trinajstić information content (AvgIpc) is 2.16. The SMILES string of the molecule is CC(=O)CCc1ccc(SC(C)C)cc1. The molecule has 0 spiro atoms. The summed E-state index contributed by atoms with van der Waals surface area (Å²) in [5, 5.41) is 0.619. The first-order valence-electron chi connectivity index (χ1n) is 5.33. The Kier molecular flexibility index (Phi) is 4.89. The van der Waals surface area contributed by atoms with Crippen molar-refractivity contribution in [3.05, 3.63) is 29.8 Å². The molecule has 0 heterocycles. The van der Waals surface area contributed by atoms with Crippen LogP contribution in [0, 0.1) is 0 Å². The summed E-state index contributed by atoms with van der Waals surface area (Å²) in [6.07, 6.45) is 1.51. The number of aryl methyl sites for hydroxylation is 1. The van der Waals surface area contributed by atoms with Crippen molar-refractivity contribution >= 4 is 17.5 Å². The zero-order valence-corrected chi connectivity index (χ0v) is 10.4. The first-order valence-corrected chi connectivity index (χ1v) is 6.21. The molecule has 0 aliphatic heterocycles. The number of rotatable bonds is 5. The Balaban J connectivity index is 2.52. The number of Topliss-reactive ketones (excluding diaryl/α,β-unsaturated/α-hetero) is 1. The molecule has 0 atom stereocenters. The quantitative estimate of drug-likeness (QED) is 0.706. The molecule has 0 saturated carbocycles. The first kappa shape index (κ1) is 12.3. The van der Waals surface area contributed by atoms with Gasteiger partial charge < -0.3 is 4.79 Å². The third kappa shape index (κ3) is 5.03. The number of carbonyl (C=O) groups excluding carboxylic acids is 1. The Bertz CT molecular complexity index is 314. The van der Waals surface area contributed by atoms with Crippen LogP contribution in [0.5, 0.6) is 0 Å². The van der Waals surface area contributed by atoms with Crippen LogP contribution in [0.15, 0.2) is 29.2 Å². The molecule has 0 unspecified atom stereocenters. The largest absolute Gasteiger partial charge is 0.300 e. The lowest BCUT2D eigenvalue weighted by molar-refractivity contribution is -0.116. The Hall–Kier alpha value is -0.760. The molecule has 82 valence electrons. The molecule has 0 N–H and O–H groups in total. The monoisotopic (exact) mass is 222 g/mol. The van der Waals surface area contributed by atoms with Crippen LogP contribution in [0.4, 0.5) is 0 Å². The minimum absolute atomic E-state index is 0.260. The van der Waals surface area contributed by atoms with Crippen molar-refractivity contribution in [2.24, 2.45) is 0 Å². The highest BCUT2D eigenvalue weighted by molar-refractivity contribution is 7.99. The van der Waals surface area contributed by atoms with Gasteiger partial charge in [-0.15, -0.1) is 11.8 Å². The average molecular weight is 222 g/mol. The van der Waals surface area contributed by atoms with Crippen molar-refractivity contribution in [2.75, 3.05) is 0 Å². The second-order valence-electron chi connectivity index (χ2n) is 4.01. The molecule has 1 rings (SSSR count). The topological polar surface area (TPSA) is 17.1 Å². The second-order valence-corrected chi connectivity index (χ2v) is 5.66. The number of carbonyl (C=O) groups is 1. The maximum Gasteiger partial charge on any atom is 0.130 e. The maximum absolute atomic E-state index is 10.8. The molecule has 1 aromatic rings. The van der Waals surface area contributed by atoms with Gasteiger partial charge in [0, 0.05) is 16.6 Å². The summed E-state index contributed by atoms with van der Waals surface area (Å²) in [7, 11) is 0. The Labute approximate surface area is 96.3 Å². The van der Waals surface area contributed by atoms with E-state index >= 15 is 0 Å². The minimum atomic E-state index is 0.260. The zero-order chi connectivity index (χ0) is 11.3. The molecule has 0 aliphatic carbocycles. The number of thioether (sulfide) groups is 1. The van der Waals surface area contributed by atoms with E-state index in [4.69, 9.17) is 0 Å². The lowest BCUT2D eigenvalue weighted by atomic mass is 10.1. The van der Waals surface area contributed by atoms with Crippen LogP contribution in [-0.4, -0.2) is 11.0 Å². The predicted molar refractivity (Wildman–Crippen MR) is 66.4 cm³/mol. The molecule has 1 aromatic carbocycles. The molecule has 0 fully saturated rings. The van der Waals surface area contributed by atoms with E-state index in [9.17, 15) is 4.79 Å². The highest BCUT2D eigenvalue weighted by Crippen LogP contribution is 2.23. The molecule has 0 radical (unpaired) electrons. The van der Waals surface area contributed by atoms with E-state index < -0.39 is 0 Å². The van der Waals surface area contributed by atoms with E-state index in [1.165, 1.54) is 10.5 Å². The molecule has 1 nitrogen and oxygen atoms in total. The third-order valence-electron chi connectivity index (χ3n) is 2.06. The fourth-order valence-electron chi connectivity index (χ4n) is 1.33. The highest BCUT2D eigenvalue weighted by atomic mass is 32.2. The summed E-state index contributed by atoms with van der Waals surface area (Å²) in [4.78, 5) is 12.1. The molecule has 2 heteroatoms. The van der Waals surface area contributed by atoms with Gasteiger partial charge in [0.2, 0.25) is 0 Å². The van der Waals surface area contributed by atoms with E-state index in [-0.39, 0.29) is 5.78 Å². The van der Waals surface area contributed by atoms with Gasteiger partial charge in [-0.3, -0.25) is 0 Å². The maximum atomic E-state index is 10.8. The summed E-state index contributed by atoms with van der Waals surface area (Å²) < 4.78 is 0. The van der Waals surface area contributed by atoms with Crippen molar-refractivity contribution in [2.45, 2.75) is 43.8 Å². The third-order valence-corrected chi connectivity index (χ3v) is 3.08. The van der Waals surface area contributed by atoms with E-state index in [0.717, 1.165) is 6.42 Å². The Morgan fingerprint density at radius 3 is 2.33 bits per heavy atom. The summed E-state index contributed by atoms with van der Waals surface area (Å²) in [6.45, 7) is 6.02. The van der Waals surface area contributed by atoms with Crippen molar-refractivity contribution < 1.29 is 4.79 Å². The fourth-order valence-corrected chi connectivity index (χ4v) is 2.16. The number of hydrogen-bond donors (Lipinski definition) is 0. The van der Waals surface area contributed by atoms with E-state index in [1.54, 1.807) is 6.92 Å². The standard InChI is InChI=1S/C13H18OS/c1-10(2)15-13-8-6-12(7-9-13)5-4-11(3)14/h6-10H,4-5H2,1-3H3. The van der Waals surface area contributed by atoms with Crippen LogP contribution in [0.25, 0.3) is 0 Å². The zero-order valence-electron chi connectivity index (χ0n) is 9.62. The van der Waals surface area contributed by atoms with Gasteiger partial charge in [0.1, 0.15) is 5.78 Å². The number of hydrogen-bond acceptors (Lipinski definition) is 2. The molecule has 15 heavy (non-hydrogen) atoms. The van der Waals surface area contributed by atoms with E-state index in [1.807, 2.05) is 11.8 Å². The Morgan fingerprint density at radius 2 is 1.87 bits per heavy atom. The van der Waals surface area contributed by atoms with Crippen LogP contribution in [0.1, 0.15) is 32.8 Å². The van der Waals surface area contributed by atoms with Gasteiger partial charge in [-0.2, -0.15) is 0 Å². The molecule has 0 amide bonds. The molecule has 0 saturated heterocycles. The first-order chi connectivity index (χ1) is 7.08. The van der Waals surface area contributed by atoms with Crippen molar-refractivity contribution in [3.8, 4) is 0 Å². The van der Waals surface area contributed by atoms with Gasteiger partial charge in [0.25, 0.3) is 0 Å². The van der Waals surface area contributed by atoms with Crippen molar-refractivity contribution in [3.63, 3.8) is 0 Å². The normalized spacial score (nSPS) is 10.7. The van der Waals surface area contributed by atoms with Crippen LogP contribution in [0.3, 0.4) is 0 Å². The van der Waals surface area contributed by atoms with Gasteiger partial charge in [-0.05, 0) is 31.0 Å². The predicted octanol–water partition coefficient (Wildman–Crippen LogP) is 3.71. The van der Waals surface area contributed by atoms with Crippen LogP contribution >= 0.6 is 11.8 Å². The van der Waals surface area contributed by atoms with Gasteiger partial charge >= 0.3 is 0 Å². The number of ketones is 1. The number of benzene rings is 1. The lowest BCUT2D eigenvalue weighted by Crippen LogP contribution is -1.94. The molecule has 0 bridgehead atoms. The molecule has 0 aromatic heterocycles. The lowest BCUT2D eigenvalue weighted by Gasteiger charge is -2.05. The smallest absolute Gasteiger partial charge is 0.130 e. The van der Waals surface area contributed by atoms with Gasteiger partial charge in [0.15, 0.2) is 0 Å². The van der Waals surface area contributed by atoms with Gasteiger partial charge in [0.05, 0.1) is 0 Å². The molecule has 0 aliphatic rings. The fraction of sp³-hybridized carbons (Fsp3) is 0.462.